The van der Waals surface area contributed by atoms with Gasteiger partial charge < -0.3 is 4.74 Å². The number of hydrogen-bond acceptors (Lipinski definition) is 3. The van der Waals surface area contributed by atoms with E-state index in [9.17, 15) is 4.39 Å². The molecule has 1 aromatic carbocycles. The molecule has 18 heavy (non-hydrogen) atoms. The van der Waals surface area contributed by atoms with Crippen molar-refractivity contribution in [1.82, 2.24) is 20.0 Å². The van der Waals surface area contributed by atoms with Gasteiger partial charge in [0.25, 0.3) is 0 Å². The largest absolute Gasteiger partial charge is 0.480 e. The normalized spacial score (nSPS) is 11.1. The van der Waals surface area contributed by atoms with Gasteiger partial charge in [-0.2, -0.15) is 10.2 Å². The van der Waals surface area contributed by atoms with Crippen LogP contribution < -0.4 is 4.74 Å². The molecule has 0 unspecified atom stereocenters. The summed E-state index contributed by atoms with van der Waals surface area (Å²) in [6.07, 6.45) is 3.31. The molecule has 2 aromatic heterocycles. The number of H-pyrrole nitrogens is 1. The van der Waals surface area contributed by atoms with Crippen molar-refractivity contribution in [3.63, 3.8) is 0 Å². The summed E-state index contributed by atoms with van der Waals surface area (Å²) in [6.45, 7) is 0. The standard InChI is InChI=1S/C11H8BrFN4O/c1-18-11-9(4-14-15-11)17-5-6-8(16-17)3-2-7(13)10(6)12/h2-5H,1H3,(H,14,15). The molecule has 92 valence electrons. The molecular formula is C11H8BrFN4O. The number of rotatable bonds is 2. The Bertz CT molecular complexity index is 721. The maximum absolute atomic E-state index is 13.4. The molecule has 0 bridgehead atoms. The topological polar surface area (TPSA) is 55.7 Å². The first kappa shape index (κ1) is 11.2. The Balaban J connectivity index is 2.23. The summed E-state index contributed by atoms with van der Waals surface area (Å²) in [7, 11) is 1.54. The Kier molecular flexibility index (Phi) is 2.55. The van der Waals surface area contributed by atoms with Crippen LogP contribution in [0.5, 0.6) is 5.88 Å². The van der Waals surface area contributed by atoms with Gasteiger partial charge in [-0.3, -0.25) is 0 Å². The zero-order valence-corrected chi connectivity index (χ0v) is 10.9. The third-order valence-electron chi connectivity index (χ3n) is 2.61. The van der Waals surface area contributed by atoms with Crippen LogP contribution in [0.1, 0.15) is 0 Å². The first-order valence-electron chi connectivity index (χ1n) is 5.12. The van der Waals surface area contributed by atoms with Gasteiger partial charge in [-0.05, 0) is 28.1 Å². The predicted molar refractivity (Wildman–Crippen MR) is 67.4 cm³/mol. The molecule has 0 aliphatic carbocycles. The SMILES string of the molecule is COc1[nH]ncc1-n1cc2c(Br)c(F)ccc2n1. The second-order valence-electron chi connectivity index (χ2n) is 3.66. The number of nitrogens with zero attached hydrogens (tertiary/aromatic N) is 3. The van der Waals surface area contributed by atoms with E-state index in [1.807, 2.05) is 0 Å². The van der Waals surface area contributed by atoms with Crippen molar-refractivity contribution < 1.29 is 9.13 Å². The number of fused-ring (bicyclic) bond motifs is 1. The van der Waals surface area contributed by atoms with E-state index in [-0.39, 0.29) is 5.82 Å². The Labute approximate surface area is 110 Å². The molecule has 7 heteroatoms. The molecule has 0 saturated carbocycles. The minimum Gasteiger partial charge on any atom is -0.480 e. The quantitative estimate of drug-likeness (QED) is 0.791. The molecule has 5 nitrogen and oxygen atoms in total. The predicted octanol–water partition coefficient (Wildman–Crippen LogP) is 2.66. The Morgan fingerprint density at radius 3 is 3.06 bits per heavy atom. The van der Waals surface area contributed by atoms with E-state index >= 15 is 0 Å². The van der Waals surface area contributed by atoms with E-state index in [2.05, 4.69) is 31.2 Å². The number of aromatic nitrogens is 4. The summed E-state index contributed by atoms with van der Waals surface area (Å²) in [5, 5.41) is 11.6. The fourth-order valence-electron chi connectivity index (χ4n) is 1.74. The number of benzene rings is 1. The number of nitrogens with one attached hydrogen (secondary N) is 1. The lowest BCUT2D eigenvalue weighted by Crippen LogP contribution is -1.95. The van der Waals surface area contributed by atoms with Gasteiger partial charge in [0.15, 0.2) is 0 Å². The number of methoxy groups -OCH3 is 1. The highest BCUT2D eigenvalue weighted by Gasteiger charge is 2.13. The summed E-state index contributed by atoms with van der Waals surface area (Å²) < 4.78 is 20.5. The van der Waals surface area contributed by atoms with Gasteiger partial charge in [0.1, 0.15) is 11.5 Å². The monoisotopic (exact) mass is 310 g/mol. The fraction of sp³-hybridized carbons (Fsp3) is 0.0909. The number of hydrogen-bond donors (Lipinski definition) is 1. The average Bonchev–Trinajstić information content (AvgIpc) is 2.99. The minimum atomic E-state index is -0.318. The lowest BCUT2D eigenvalue weighted by atomic mass is 10.2. The third-order valence-corrected chi connectivity index (χ3v) is 3.42. The molecule has 1 N–H and O–H groups in total. The maximum Gasteiger partial charge on any atom is 0.235 e. The van der Waals surface area contributed by atoms with Crippen LogP contribution in [0.4, 0.5) is 4.39 Å². The number of halogens is 2. The zero-order valence-electron chi connectivity index (χ0n) is 9.32. The van der Waals surface area contributed by atoms with E-state index in [1.54, 1.807) is 23.1 Å². The van der Waals surface area contributed by atoms with Gasteiger partial charge >= 0.3 is 0 Å². The molecule has 0 aliphatic heterocycles. The van der Waals surface area contributed by atoms with Crippen LogP contribution in [0.3, 0.4) is 0 Å². The Morgan fingerprint density at radius 1 is 1.44 bits per heavy atom. The molecular weight excluding hydrogens is 303 g/mol. The van der Waals surface area contributed by atoms with Crippen LogP contribution in [0.2, 0.25) is 0 Å². The van der Waals surface area contributed by atoms with Gasteiger partial charge in [-0.15, -0.1) is 0 Å². The smallest absolute Gasteiger partial charge is 0.235 e. The average molecular weight is 311 g/mol. The number of ether oxygens (including phenoxy) is 1. The van der Waals surface area contributed by atoms with Gasteiger partial charge in [0, 0.05) is 11.6 Å². The van der Waals surface area contributed by atoms with Gasteiger partial charge in [-0.1, -0.05) is 0 Å². The summed E-state index contributed by atoms with van der Waals surface area (Å²) >= 11 is 3.21. The zero-order chi connectivity index (χ0) is 12.7. The Morgan fingerprint density at radius 2 is 2.28 bits per heavy atom. The highest BCUT2D eigenvalue weighted by Crippen LogP contribution is 2.28. The lowest BCUT2D eigenvalue weighted by molar-refractivity contribution is 0.394. The minimum absolute atomic E-state index is 0.318. The second-order valence-corrected chi connectivity index (χ2v) is 4.45. The van der Waals surface area contributed by atoms with Crippen LogP contribution in [0, 0.1) is 5.82 Å². The van der Waals surface area contributed by atoms with Crippen molar-refractivity contribution in [2.75, 3.05) is 7.11 Å². The van der Waals surface area contributed by atoms with Crippen molar-refractivity contribution in [1.29, 1.82) is 0 Å². The molecule has 0 fully saturated rings. The first-order chi connectivity index (χ1) is 8.70. The van der Waals surface area contributed by atoms with E-state index in [0.29, 0.717) is 26.9 Å². The summed E-state index contributed by atoms with van der Waals surface area (Å²) in [5.41, 5.74) is 1.35. The van der Waals surface area contributed by atoms with Crippen molar-refractivity contribution in [2.45, 2.75) is 0 Å². The Hall–Kier alpha value is -1.89. The summed E-state index contributed by atoms with van der Waals surface area (Å²) in [5.74, 6) is 0.181. The molecule has 3 aromatic rings. The van der Waals surface area contributed by atoms with Crippen molar-refractivity contribution in [3.05, 3.63) is 34.8 Å². The second kappa shape index (κ2) is 4.09. The molecule has 0 saturated heterocycles. The lowest BCUT2D eigenvalue weighted by Gasteiger charge is -1.99. The summed E-state index contributed by atoms with van der Waals surface area (Å²) in [4.78, 5) is 0. The maximum atomic E-state index is 13.4. The molecule has 2 heterocycles. The van der Waals surface area contributed by atoms with Gasteiger partial charge in [0.05, 0.1) is 23.3 Å². The van der Waals surface area contributed by atoms with E-state index in [0.717, 1.165) is 0 Å². The fourth-order valence-corrected chi connectivity index (χ4v) is 2.18. The summed E-state index contributed by atoms with van der Waals surface area (Å²) in [6, 6.07) is 2.99. The van der Waals surface area contributed by atoms with Crippen LogP contribution in [-0.4, -0.2) is 27.1 Å². The van der Waals surface area contributed by atoms with Gasteiger partial charge in [0.2, 0.25) is 5.88 Å². The van der Waals surface area contributed by atoms with Gasteiger partial charge in [-0.25, -0.2) is 14.2 Å². The molecule has 0 radical (unpaired) electrons. The van der Waals surface area contributed by atoms with Crippen molar-refractivity contribution >= 4 is 26.8 Å². The first-order valence-corrected chi connectivity index (χ1v) is 5.91. The van der Waals surface area contributed by atoms with Crippen LogP contribution in [0.15, 0.2) is 29.0 Å². The van der Waals surface area contributed by atoms with E-state index in [4.69, 9.17) is 4.74 Å². The molecule has 0 aliphatic rings. The van der Waals surface area contributed by atoms with E-state index in [1.165, 1.54) is 13.2 Å². The highest BCUT2D eigenvalue weighted by atomic mass is 79.9. The van der Waals surface area contributed by atoms with Crippen LogP contribution >= 0.6 is 15.9 Å². The van der Waals surface area contributed by atoms with Crippen LogP contribution in [0.25, 0.3) is 16.6 Å². The van der Waals surface area contributed by atoms with Crippen molar-refractivity contribution in [2.24, 2.45) is 0 Å². The highest BCUT2D eigenvalue weighted by molar-refractivity contribution is 9.10. The molecule has 3 rings (SSSR count). The molecule has 0 atom stereocenters. The third kappa shape index (κ3) is 1.59. The van der Waals surface area contributed by atoms with Crippen molar-refractivity contribution in [3.8, 4) is 11.6 Å². The number of aromatic amines is 1. The molecule has 0 amide bonds. The molecule has 0 spiro atoms. The van der Waals surface area contributed by atoms with E-state index < -0.39 is 0 Å². The van der Waals surface area contributed by atoms with Crippen LogP contribution in [-0.2, 0) is 0 Å².